The zero-order valence-electron chi connectivity index (χ0n) is 21.4. The second-order valence-electron chi connectivity index (χ2n) is 9.12. The minimum atomic E-state index is -0.444. The Morgan fingerprint density at radius 2 is 0.909 bits per heavy atom. The van der Waals surface area contributed by atoms with E-state index in [1.807, 2.05) is 0 Å². The summed E-state index contributed by atoms with van der Waals surface area (Å²) in [4.78, 5) is 24.7. The minimum Gasteiger partial charge on any atom is -0.462 e. The molecule has 0 aromatic heterocycles. The SMILES string of the molecule is C1CCCC1.CCCCCCCCOC(=O)c1ccccc1C(=O)OCCCCCCCC. The van der Waals surface area contributed by atoms with Gasteiger partial charge in [0, 0.05) is 0 Å². The summed E-state index contributed by atoms with van der Waals surface area (Å²) in [5.41, 5.74) is 0.586. The van der Waals surface area contributed by atoms with Crippen LogP contribution in [0.2, 0.25) is 0 Å². The molecular formula is C29H48O4. The summed E-state index contributed by atoms with van der Waals surface area (Å²) in [7, 11) is 0. The molecule has 2 rings (SSSR count). The van der Waals surface area contributed by atoms with Gasteiger partial charge in [-0.3, -0.25) is 0 Å². The second kappa shape index (κ2) is 20.7. The van der Waals surface area contributed by atoms with Crippen LogP contribution in [-0.2, 0) is 9.47 Å². The van der Waals surface area contributed by atoms with E-state index >= 15 is 0 Å². The number of ether oxygens (including phenoxy) is 2. The van der Waals surface area contributed by atoms with Crippen molar-refractivity contribution in [1.82, 2.24) is 0 Å². The van der Waals surface area contributed by atoms with E-state index in [2.05, 4.69) is 13.8 Å². The largest absolute Gasteiger partial charge is 0.462 e. The lowest BCUT2D eigenvalue weighted by Gasteiger charge is -2.10. The van der Waals surface area contributed by atoms with Gasteiger partial charge in [-0.2, -0.15) is 0 Å². The van der Waals surface area contributed by atoms with Crippen LogP contribution in [0.25, 0.3) is 0 Å². The van der Waals surface area contributed by atoms with Crippen LogP contribution in [-0.4, -0.2) is 25.2 Å². The molecule has 1 saturated carbocycles. The summed E-state index contributed by atoms with van der Waals surface area (Å²) in [6.45, 7) is 5.17. The summed E-state index contributed by atoms with van der Waals surface area (Å²) in [6, 6.07) is 6.74. The maximum atomic E-state index is 12.4. The number of carbonyl (C=O) groups is 2. The van der Waals surface area contributed by atoms with Gasteiger partial charge in [-0.05, 0) is 25.0 Å². The topological polar surface area (TPSA) is 52.6 Å². The third-order valence-corrected chi connectivity index (χ3v) is 6.08. The van der Waals surface area contributed by atoms with Gasteiger partial charge in [0.15, 0.2) is 0 Å². The Hall–Kier alpha value is -1.84. The zero-order chi connectivity index (χ0) is 24.0. The number of esters is 2. The Morgan fingerprint density at radius 1 is 0.576 bits per heavy atom. The fraction of sp³-hybridized carbons (Fsp3) is 0.724. The van der Waals surface area contributed by atoms with Crippen LogP contribution in [0, 0.1) is 0 Å². The number of rotatable bonds is 16. The Morgan fingerprint density at radius 3 is 1.27 bits per heavy atom. The van der Waals surface area contributed by atoms with Gasteiger partial charge in [0.25, 0.3) is 0 Å². The molecule has 0 radical (unpaired) electrons. The normalized spacial score (nSPS) is 12.7. The minimum absolute atomic E-state index is 0.293. The van der Waals surface area contributed by atoms with E-state index in [1.54, 1.807) is 24.3 Å². The summed E-state index contributed by atoms with van der Waals surface area (Å²) >= 11 is 0. The van der Waals surface area contributed by atoms with Crippen molar-refractivity contribution in [2.75, 3.05) is 13.2 Å². The molecule has 0 heterocycles. The summed E-state index contributed by atoms with van der Waals surface area (Å²) in [5.74, 6) is -0.888. The van der Waals surface area contributed by atoms with Crippen molar-refractivity contribution < 1.29 is 19.1 Å². The van der Waals surface area contributed by atoms with Gasteiger partial charge in [-0.15, -0.1) is 0 Å². The number of hydrogen-bond donors (Lipinski definition) is 0. The van der Waals surface area contributed by atoms with Gasteiger partial charge in [0.1, 0.15) is 0 Å². The van der Waals surface area contributed by atoms with Gasteiger partial charge in [-0.25, -0.2) is 9.59 Å². The molecule has 0 unspecified atom stereocenters. The molecule has 0 saturated heterocycles. The van der Waals surface area contributed by atoms with E-state index in [-0.39, 0.29) is 0 Å². The lowest BCUT2D eigenvalue weighted by atomic mass is 10.1. The molecule has 188 valence electrons. The average Bonchev–Trinajstić information content (AvgIpc) is 3.43. The van der Waals surface area contributed by atoms with Crippen LogP contribution in [0.1, 0.15) is 144 Å². The highest BCUT2D eigenvalue weighted by molar-refractivity contribution is 6.03. The molecule has 1 aromatic carbocycles. The van der Waals surface area contributed by atoms with E-state index in [1.165, 1.54) is 83.5 Å². The standard InChI is InChI=1S/C24H38O4.C5H10/c1-3-5-7-9-11-15-19-27-23(25)21-17-13-14-18-22(21)24(26)28-20-16-12-10-8-6-4-2;1-2-4-5-3-1/h13-14,17-18H,3-12,15-16,19-20H2,1-2H3;1-5H2. The van der Waals surface area contributed by atoms with Gasteiger partial charge in [0.2, 0.25) is 0 Å². The van der Waals surface area contributed by atoms with Crippen LogP contribution in [0.5, 0.6) is 0 Å². The van der Waals surface area contributed by atoms with Crippen LogP contribution in [0.3, 0.4) is 0 Å². The Balaban J connectivity index is 0.000000953. The number of hydrogen-bond acceptors (Lipinski definition) is 4. The predicted octanol–water partition coefficient (Wildman–Crippen LogP) is 8.67. The summed E-state index contributed by atoms with van der Waals surface area (Å²) < 4.78 is 10.7. The second-order valence-corrected chi connectivity index (χ2v) is 9.12. The number of carbonyl (C=O) groups excluding carboxylic acids is 2. The first-order valence-electron chi connectivity index (χ1n) is 13.6. The van der Waals surface area contributed by atoms with Crippen molar-refractivity contribution in [3.05, 3.63) is 35.4 Å². The quantitative estimate of drug-likeness (QED) is 0.183. The average molecular weight is 461 g/mol. The lowest BCUT2D eigenvalue weighted by Crippen LogP contribution is -2.15. The van der Waals surface area contributed by atoms with E-state index in [4.69, 9.17) is 9.47 Å². The Bertz CT molecular complexity index is 565. The molecule has 4 nitrogen and oxygen atoms in total. The molecular weight excluding hydrogens is 412 g/mol. The highest BCUT2D eigenvalue weighted by Crippen LogP contribution is 2.15. The highest BCUT2D eigenvalue weighted by atomic mass is 16.5. The van der Waals surface area contributed by atoms with E-state index in [0.29, 0.717) is 24.3 Å². The summed E-state index contributed by atoms with van der Waals surface area (Å²) in [6.07, 6.45) is 21.1. The van der Waals surface area contributed by atoms with E-state index in [0.717, 1.165) is 25.7 Å². The fourth-order valence-corrected chi connectivity index (χ4v) is 3.97. The molecule has 0 N–H and O–H groups in total. The maximum absolute atomic E-state index is 12.4. The molecule has 33 heavy (non-hydrogen) atoms. The Kier molecular flexibility index (Phi) is 18.4. The summed E-state index contributed by atoms with van der Waals surface area (Å²) in [5, 5.41) is 0. The van der Waals surface area contributed by atoms with Crippen molar-refractivity contribution in [3.8, 4) is 0 Å². The molecule has 0 aliphatic heterocycles. The van der Waals surface area contributed by atoms with Crippen LogP contribution in [0.15, 0.2) is 24.3 Å². The van der Waals surface area contributed by atoms with Crippen molar-refractivity contribution in [2.24, 2.45) is 0 Å². The first-order valence-corrected chi connectivity index (χ1v) is 13.6. The predicted molar refractivity (Wildman–Crippen MR) is 137 cm³/mol. The van der Waals surface area contributed by atoms with Gasteiger partial charge in [0.05, 0.1) is 24.3 Å². The van der Waals surface area contributed by atoms with Gasteiger partial charge < -0.3 is 9.47 Å². The van der Waals surface area contributed by atoms with Crippen molar-refractivity contribution in [1.29, 1.82) is 0 Å². The molecule has 1 aromatic rings. The van der Waals surface area contributed by atoms with Gasteiger partial charge in [-0.1, -0.05) is 122 Å². The van der Waals surface area contributed by atoms with Crippen molar-refractivity contribution >= 4 is 11.9 Å². The van der Waals surface area contributed by atoms with Crippen molar-refractivity contribution in [3.63, 3.8) is 0 Å². The molecule has 4 heteroatoms. The molecule has 0 spiro atoms. The van der Waals surface area contributed by atoms with E-state index < -0.39 is 11.9 Å². The molecule has 0 bridgehead atoms. The fourth-order valence-electron chi connectivity index (χ4n) is 3.97. The molecule has 0 atom stereocenters. The number of unbranched alkanes of at least 4 members (excludes halogenated alkanes) is 10. The van der Waals surface area contributed by atoms with Crippen LogP contribution >= 0.6 is 0 Å². The third kappa shape index (κ3) is 14.8. The van der Waals surface area contributed by atoms with Crippen LogP contribution < -0.4 is 0 Å². The lowest BCUT2D eigenvalue weighted by molar-refractivity contribution is 0.0450. The first kappa shape index (κ1) is 29.2. The third-order valence-electron chi connectivity index (χ3n) is 6.08. The van der Waals surface area contributed by atoms with Gasteiger partial charge >= 0.3 is 11.9 Å². The maximum Gasteiger partial charge on any atom is 0.339 e. The number of benzene rings is 1. The first-order chi connectivity index (χ1) is 16.2. The molecule has 1 fully saturated rings. The molecule has 1 aliphatic rings. The van der Waals surface area contributed by atoms with Crippen LogP contribution in [0.4, 0.5) is 0 Å². The Labute approximate surface area is 202 Å². The van der Waals surface area contributed by atoms with Crippen molar-refractivity contribution in [2.45, 2.75) is 123 Å². The zero-order valence-corrected chi connectivity index (χ0v) is 21.4. The highest BCUT2D eigenvalue weighted by Gasteiger charge is 2.18. The van der Waals surface area contributed by atoms with E-state index in [9.17, 15) is 9.59 Å². The molecule has 1 aliphatic carbocycles. The smallest absolute Gasteiger partial charge is 0.339 e. The monoisotopic (exact) mass is 460 g/mol. The molecule has 0 amide bonds.